The van der Waals surface area contributed by atoms with Gasteiger partial charge < -0.3 is 10.4 Å². The summed E-state index contributed by atoms with van der Waals surface area (Å²) in [5, 5.41) is 31.0. The first kappa shape index (κ1) is 15.1. The first-order valence-corrected chi connectivity index (χ1v) is 7.05. The number of hydrogen-bond acceptors (Lipinski definition) is 4. The van der Waals surface area contributed by atoms with Crippen molar-refractivity contribution in [2.45, 2.75) is 6.10 Å². The monoisotopic (exact) mass is 341 g/mol. The largest absolute Gasteiger partial charge is 0.387 e. The lowest BCUT2D eigenvalue weighted by atomic mass is 10.1. The van der Waals surface area contributed by atoms with Crippen LogP contribution in [-0.2, 0) is 0 Å². The number of nitrogens with zero attached hydrogens (tertiary/aromatic N) is 2. The molecule has 0 saturated heterocycles. The minimum Gasteiger partial charge on any atom is -0.387 e. The van der Waals surface area contributed by atoms with Crippen LogP contribution >= 0.6 is 15.9 Å². The Kier molecular flexibility index (Phi) is 4.94. The number of nitrogens with one attached hydrogen (secondary N) is 1. The number of nitriles is 2. The molecule has 2 aromatic carbocycles. The Morgan fingerprint density at radius 3 is 2.52 bits per heavy atom. The molecule has 2 rings (SSSR count). The van der Waals surface area contributed by atoms with Crippen molar-refractivity contribution in [3.63, 3.8) is 0 Å². The van der Waals surface area contributed by atoms with Gasteiger partial charge in [0.2, 0.25) is 0 Å². The van der Waals surface area contributed by atoms with Crippen molar-refractivity contribution >= 4 is 21.6 Å². The van der Waals surface area contributed by atoms with E-state index in [1.54, 1.807) is 18.2 Å². The van der Waals surface area contributed by atoms with E-state index in [9.17, 15) is 5.11 Å². The zero-order valence-corrected chi connectivity index (χ0v) is 12.6. The quantitative estimate of drug-likeness (QED) is 0.893. The Bertz CT molecular complexity index is 731. The summed E-state index contributed by atoms with van der Waals surface area (Å²) in [6, 6.07) is 16.3. The van der Waals surface area contributed by atoms with Crippen molar-refractivity contribution in [1.29, 1.82) is 10.5 Å². The number of halogens is 1. The van der Waals surface area contributed by atoms with E-state index in [0.717, 1.165) is 10.0 Å². The van der Waals surface area contributed by atoms with Crippen LogP contribution in [0.4, 0.5) is 5.69 Å². The number of rotatable bonds is 4. The summed E-state index contributed by atoms with van der Waals surface area (Å²) < 4.78 is 0.907. The molecule has 5 heteroatoms. The van der Waals surface area contributed by atoms with E-state index in [2.05, 4.69) is 21.2 Å². The summed E-state index contributed by atoms with van der Waals surface area (Å²) >= 11 is 3.36. The highest BCUT2D eigenvalue weighted by Crippen LogP contribution is 2.20. The molecule has 4 nitrogen and oxygen atoms in total. The summed E-state index contributed by atoms with van der Waals surface area (Å²) in [6.45, 7) is 0.313. The first-order chi connectivity index (χ1) is 10.1. The Morgan fingerprint density at radius 1 is 1.10 bits per heavy atom. The highest BCUT2D eigenvalue weighted by molar-refractivity contribution is 9.10. The van der Waals surface area contributed by atoms with Gasteiger partial charge in [-0.3, -0.25) is 0 Å². The van der Waals surface area contributed by atoms with Crippen LogP contribution in [0, 0.1) is 22.7 Å². The predicted octanol–water partition coefficient (Wildman–Crippen LogP) is 3.34. The number of aliphatic hydroxyl groups excluding tert-OH is 1. The van der Waals surface area contributed by atoms with Crippen LogP contribution in [0.15, 0.2) is 46.9 Å². The summed E-state index contributed by atoms with van der Waals surface area (Å²) in [6.07, 6.45) is -0.663. The van der Waals surface area contributed by atoms with Gasteiger partial charge in [0.05, 0.1) is 17.2 Å². The maximum Gasteiger partial charge on any atom is 0.101 e. The van der Waals surface area contributed by atoms with Gasteiger partial charge in [0.25, 0.3) is 0 Å². The fourth-order valence-corrected chi connectivity index (χ4v) is 2.31. The molecular weight excluding hydrogens is 330 g/mol. The average Bonchev–Trinajstić information content (AvgIpc) is 2.52. The van der Waals surface area contributed by atoms with Crippen LogP contribution in [0.5, 0.6) is 0 Å². The molecule has 1 atom stereocenters. The molecule has 0 aromatic heterocycles. The second-order valence-electron chi connectivity index (χ2n) is 4.44. The molecule has 0 fully saturated rings. The van der Waals surface area contributed by atoms with E-state index in [4.69, 9.17) is 10.5 Å². The zero-order valence-electron chi connectivity index (χ0n) is 11.0. The molecule has 0 heterocycles. The van der Waals surface area contributed by atoms with Crippen molar-refractivity contribution in [2.75, 3.05) is 11.9 Å². The van der Waals surface area contributed by atoms with Gasteiger partial charge in [-0.25, -0.2) is 0 Å². The van der Waals surface area contributed by atoms with Gasteiger partial charge in [-0.2, -0.15) is 10.5 Å². The molecule has 0 saturated carbocycles. The molecule has 2 aromatic rings. The second-order valence-corrected chi connectivity index (χ2v) is 5.35. The van der Waals surface area contributed by atoms with E-state index in [-0.39, 0.29) is 0 Å². The van der Waals surface area contributed by atoms with Gasteiger partial charge in [-0.05, 0) is 35.9 Å². The van der Waals surface area contributed by atoms with E-state index >= 15 is 0 Å². The van der Waals surface area contributed by atoms with Crippen molar-refractivity contribution in [1.82, 2.24) is 0 Å². The fraction of sp³-hybridized carbons (Fsp3) is 0.125. The number of aliphatic hydroxyl groups is 1. The minimum absolute atomic E-state index is 0.313. The Hall–Kier alpha value is -2.34. The lowest BCUT2D eigenvalue weighted by Crippen LogP contribution is -2.12. The van der Waals surface area contributed by atoms with Gasteiger partial charge in [0.1, 0.15) is 12.1 Å². The molecule has 21 heavy (non-hydrogen) atoms. The molecule has 2 N–H and O–H groups in total. The predicted molar refractivity (Wildman–Crippen MR) is 83.5 cm³/mol. The molecule has 104 valence electrons. The molecular formula is C16H12BrN3O. The van der Waals surface area contributed by atoms with Crippen LogP contribution in [-0.4, -0.2) is 11.7 Å². The maximum absolute atomic E-state index is 10.1. The molecule has 0 radical (unpaired) electrons. The molecule has 0 aliphatic rings. The van der Waals surface area contributed by atoms with Crippen LogP contribution in [0.2, 0.25) is 0 Å². The standard InChI is InChI=1S/C16H12BrN3O/c17-14-3-1-2-11(6-14)16(21)10-20-15-5-4-12(8-18)13(7-15)9-19/h1-7,16,20-21H,10H2. The molecule has 0 spiro atoms. The third-order valence-electron chi connectivity index (χ3n) is 2.99. The molecule has 1 unspecified atom stereocenters. The smallest absolute Gasteiger partial charge is 0.101 e. The SMILES string of the molecule is N#Cc1ccc(NCC(O)c2cccc(Br)c2)cc1C#N. The zero-order chi connectivity index (χ0) is 15.2. The van der Waals surface area contributed by atoms with E-state index < -0.39 is 6.10 Å². The Balaban J connectivity index is 2.07. The number of benzene rings is 2. The van der Waals surface area contributed by atoms with Gasteiger partial charge in [-0.15, -0.1) is 0 Å². The van der Waals surface area contributed by atoms with Gasteiger partial charge in [-0.1, -0.05) is 28.1 Å². The highest BCUT2D eigenvalue weighted by atomic mass is 79.9. The van der Waals surface area contributed by atoms with Crippen LogP contribution in [0.25, 0.3) is 0 Å². The van der Waals surface area contributed by atoms with Gasteiger partial charge in [0.15, 0.2) is 0 Å². The van der Waals surface area contributed by atoms with E-state index in [0.29, 0.717) is 23.4 Å². The second kappa shape index (κ2) is 6.90. The van der Waals surface area contributed by atoms with Crippen molar-refractivity contribution in [2.24, 2.45) is 0 Å². The number of anilines is 1. The van der Waals surface area contributed by atoms with Crippen LogP contribution in [0.1, 0.15) is 22.8 Å². The summed E-state index contributed by atoms with van der Waals surface area (Å²) in [7, 11) is 0. The van der Waals surface area contributed by atoms with Crippen molar-refractivity contribution in [3.05, 3.63) is 63.6 Å². The van der Waals surface area contributed by atoms with E-state index in [1.165, 1.54) is 0 Å². The maximum atomic E-state index is 10.1. The minimum atomic E-state index is -0.663. The molecule has 0 aliphatic heterocycles. The fourth-order valence-electron chi connectivity index (χ4n) is 1.89. The van der Waals surface area contributed by atoms with Crippen molar-refractivity contribution in [3.8, 4) is 12.1 Å². The van der Waals surface area contributed by atoms with Crippen LogP contribution in [0.3, 0.4) is 0 Å². The third-order valence-corrected chi connectivity index (χ3v) is 3.49. The van der Waals surface area contributed by atoms with E-state index in [1.807, 2.05) is 36.4 Å². The topological polar surface area (TPSA) is 79.8 Å². The molecule has 0 amide bonds. The lowest BCUT2D eigenvalue weighted by molar-refractivity contribution is 0.191. The van der Waals surface area contributed by atoms with Crippen LogP contribution < -0.4 is 5.32 Å². The summed E-state index contributed by atoms with van der Waals surface area (Å²) in [5.41, 5.74) is 2.15. The summed E-state index contributed by atoms with van der Waals surface area (Å²) in [5.74, 6) is 0. The normalized spacial score (nSPS) is 11.2. The lowest BCUT2D eigenvalue weighted by Gasteiger charge is -2.14. The Labute approximate surface area is 131 Å². The van der Waals surface area contributed by atoms with Gasteiger partial charge >= 0.3 is 0 Å². The molecule has 0 bridgehead atoms. The molecule has 0 aliphatic carbocycles. The number of hydrogen-bond donors (Lipinski definition) is 2. The first-order valence-electron chi connectivity index (χ1n) is 6.25. The Morgan fingerprint density at radius 2 is 1.86 bits per heavy atom. The average molecular weight is 342 g/mol. The third kappa shape index (κ3) is 3.82. The highest BCUT2D eigenvalue weighted by Gasteiger charge is 2.08. The van der Waals surface area contributed by atoms with Gasteiger partial charge in [0, 0.05) is 16.7 Å². The van der Waals surface area contributed by atoms with Crippen molar-refractivity contribution < 1.29 is 5.11 Å². The summed E-state index contributed by atoms with van der Waals surface area (Å²) in [4.78, 5) is 0.